The Balaban J connectivity index is 1.96. The lowest BCUT2D eigenvalue weighted by molar-refractivity contribution is -0.113. The predicted molar refractivity (Wildman–Crippen MR) is 107 cm³/mol. The predicted octanol–water partition coefficient (Wildman–Crippen LogP) is 4.15. The molecule has 0 radical (unpaired) electrons. The number of benzene rings is 2. The monoisotopic (exact) mass is 484 g/mol. The van der Waals surface area contributed by atoms with Crippen LogP contribution in [0.3, 0.4) is 0 Å². The zero-order chi connectivity index (χ0) is 18.8. The molecule has 0 aromatic heterocycles. The van der Waals surface area contributed by atoms with Crippen molar-refractivity contribution in [2.75, 3.05) is 11.5 Å². The summed E-state index contributed by atoms with van der Waals surface area (Å²) in [5.74, 6) is -0.134. The summed E-state index contributed by atoms with van der Waals surface area (Å²) < 4.78 is 5.97. The second-order valence-electron chi connectivity index (χ2n) is 5.39. The third-order valence-corrected chi connectivity index (χ3v) is 4.66. The molecule has 0 aliphatic carbocycles. The van der Waals surface area contributed by atoms with Gasteiger partial charge in [0, 0.05) is 5.02 Å². The molecule has 0 unspecified atom stereocenters. The molecule has 1 aliphatic heterocycles. The molecular formula is C18H14ClIN2O4. The van der Waals surface area contributed by atoms with E-state index in [9.17, 15) is 14.7 Å². The fraction of sp³-hybridized carbons (Fsp3) is 0.111. The van der Waals surface area contributed by atoms with E-state index in [1.807, 2.05) is 22.6 Å². The quantitative estimate of drug-likeness (QED) is 0.388. The number of carbonyl (C=O) groups is 2. The molecule has 3 rings (SSSR count). The second kappa shape index (κ2) is 7.55. The fourth-order valence-corrected chi connectivity index (χ4v) is 3.30. The van der Waals surface area contributed by atoms with Crippen molar-refractivity contribution in [1.82, 2.24) is 5.32 Å². The van der Waals surface area contributed by atoms with Gasteiger partial charge in [-0.1, -0.05) is 17.7 Å². The van der Waals surface area contributed by atoms with E-state index in [-0.39, 0.29) is 11.4 Å². The van der Waals surface area contributed by atoms with Gasteiger partial charge >= 0.3 is 6.03 Å². The number of halogens is 2. The normalized spacial score (nSPS) is 15.5. The van der Waals surface area contributed by atoms with Crippen LogP contribution in [-0.2, 0) is 4.79 Å². The molecular weight excluding hydrogens is 471 g/mol. The number of anilines is 1. The van der Waals surface area contributed by atoms with Gasteiger partial charge in [0.1, 0.15) is 5.70 Å². The van der Waals surface area contributed by atoms with Crippen molar-refractivity contribution in [3.8, 4) is 11.5 Å². The zero-order valence-corrected chi connectivity index (χ0v) is 16.5. The molecule has 1 aliphatic rings. The maximum atomic E-state index is 12.6. The lowest BCUT2D eigenvalue weighted by Gasteiger charge is -2.11. The molecule has 0 bridgehead atoms. The van der Waals surface area contributed by atoms with Gasteiger partial charge in [-0.05, 0) is 71.5 Å². The molecule has 0 spiro atoms. The van der Waals surface area contributed by atoms with Gasteiger partial charge in [-0.3, -0.25) is 4.79 Å². The van der Waals surface area contributed by atoms with E-state index in [1.54, 1.807) is 43.3 Å². The van der Waals surface area contributed by atoms with Crippen LogP contribution in [0.15, 0.2) is 42.1 Å². The maximum Gasteiger partial charge on any atom is 0.333 e. The first kappa shape index (κ1) is 18.5. The number of carbonyl (C=O) groups excluding carboxylic acids is 2. The summed E-state index contributed by atoms with van der Waals surface area (Å²) in [6.07, 6.45) is 1.54. The highest BCUT2D eigenvalue weighted by atomic mass is 127. The molecule has 3 amide bonds. The first-order valence-corrected chi connectivity index (χ1v) is 9.14. The number of rotatable bonds is 4. The van der Waals surface area contributed by atoms with Crippen LogP contribution in [0, 0.1) is 3.57 Å². The van der Waals surface area contributed by atoms with Crippen molar-refractivity contribution in [2.24, 2.45) is 0 Å². The highest BCUT2D eigenvalue weighted by molar-refractivity contribution is 14.1. The minimum Gasteiger partial charge on any atom is -0.504 e. The molecule has 2 aromatic carbocycles. The molecule has 1 fully saturated rings. The third kappa shape index (κ3) is 3.63. The molecule has 6 nitrogen and oxygen atoms in total. The Morgan fingerprint density at radius 3 is 2.77 bits per heavy atom. The first-order chi connectivity index (χ1) is 12.4. The van der Waals surface area contributed by atoms with Crippen molar-refractivity contribution in [3.05, 3.63) is 56.3 Å². The second-order valence-corrected chi connectivity index (χ2v) is 6.99. The van der Waals surface area contributed by atoms with Crippen LogP contribution in [0.4, 0.5) is 10.5 Å². The Bertz CT molecular complexity index is 929. The van der Waals surface area contributed by atoms with Crippen LogP contribution >= 0.6 is 34.2 Å². The summed E-state index contributed by atoms with van der Waals surface area (Å²) in [7, 11) is 0. The molecule has 2 aromatic rings. The Morgan fingerprint density at radius 1 is 1.31 bits per heavy atom. The summed E-state index contributed by atoms with van der Waals surface area (Å²) in [6.45, 7) is 2.20. The van der Waals surface area contributed by atoms with Crippen LogP contribution in [0.25, 0.3) is 6.08 Å². The van der Waals surface area contributed by atoms with E-state index in [1.165, 1.54) is 6.08 Å². The summed E-state index contributed by atoms with van der Waals surface area (Å²) in [5, 5.41) is 13.0. The largest absolute Gasteiger partial charge is 0.504 e. The van der Waals surface area contributed by atoms with Crippen molar-refractivity contribution in [1.29, 1.82) is 0 Å². The smallest absolute Gasteiger partial charge is 0.333 e. The van der Waals surface area contributed by atoms with Gasteiger partial charge in [0.05, 0.1) is 15.9 Å². The third-order valence-electron chi connectivity index (χ3n) is 3.61. The topological polar surface area (TPSA) is 78.9 Å². The summed E-state index contributed by atoms with van der Waals surface area (Å²) in [6, 6.07) is 9.23. The SMILES string of the molecule is CCOc1cc(/C=C2\NC(=O)N(c3cccc(Cl)c3)C2=O)cc(I)c1O. The van der Waals surface area contributed by atoms with Crippen LogP contribution < -0.4 is 15.0 Å². The van der Waals surface area contributed by atoms with Gasteiger partial charge in [0.2, 0.25) is 0 Å². The zero-order valence-electron chi connectivity index (χ0n) is 13.6. The van der Waals surface area contributed by atoms with Crippen molar-refractivity contribution >= 4 is 57.9 Å². The Hall–Kier alpha value is -2.26. The number of amides is 3. The number of nitrogens with one attached hydrogen (secondary N) is 1. The Labute approximate surface area is 168 Å². The highest BCUT2D eigenvalue weighted by Crippen LogP contribution is 2.34. The van der Waals surface area contributed by atoms with E-state index in [4.69, 9.17) is 16.3 Å². The Kier molecular flexibility index (Phi) is 5.38. The molecule has 2 N–H and O–H groups in total. The highest BCUT2D eigenvalue weighted by Gasteiger charge is 2.35. The number of phenolic OH excluding ortho intramolecular Hbond substituents is 1. The number of imide groups is 1. The number of hydrogen-bond donors (Lipinski definition) is 2. The summed E-state index contributed by atoms with van der Waals surface area (Å²) in [4.78, 5) is 25.9. The van der Waals surface area contributed by atoms with Gasteiger partial charge in [-0.25, -0.2) is 9.69 Å². The van der Waals surface area contributed by atoms with E-state index >= 15 is 0 Å². The van der Waals surface area contributed by atoms with Gasteiger partial charge in [-0.15, -0.1) is 0 Å². The lowest BCUT2D eigenvalue weighted by Crippen LogP contribution is -2.30. The molecule has 1 saturated heterocycles. The molecule has 1 heterocycles. The standard InChI is InChI=1S/C18H14ClIN2O4/c1-2-26-15-8-10(6-13(20)16(15)23)7-14-17(24)22(18(25)21-14)12-5-3-4-11(19)9-12/h3-9,23H,2H2,1H3,(H,21,25)/b14-7-. The van der Waals surface area contributed by atoms with E-state index in [2.05, 4.69) is 5.32 Å². The summed E-state index contributed by atoms with van der Waals surface area (Å²) in [5.41, 5.74) is 1.13. The van der Waals surface area contributed by atoms with Gasteiger partial charge < -0.3 is 15.2 Å². The van der Waals surface area contributed by atoms with Crippen molar-refractivity contribution < 1.29 is 19.4 Å². The number of ether oxygens (including phenoxy) is 1. The fourth-order valence-electron chi connectivity index (χ4n) is 2.49. The van der Waals surface area contributed by atoms with Crippen molar-refractivity contribution in [2.45, 2.75) is 6.92 Å². The number of urea groups is 1. The number of nitrogens with zero attached hydrogens (tertiary/aromatic N) is 1. The van der Waals surface area contributed by atoms with Crippen LogP contribution in [0.2, 0.25) is 5.02 Å². The minimum absolute atomic E-state index is 0.0388. The van der Waals surface area contributed by atoms with Crippen LogP contribution in [-0.4, -0.2) is 23.7 Å². The molecule has 8 heteroatoms. The van der Waals surface area contributed by atoms with E-state index in [0.29, 0.717) is 32.2 Å². The summed E-state index contributed by atoms with van der Waals surface area (Å²) >= 11 is 7.91. The number of hydrogen-bond acceptors (Lipinski definition) is 4. The first-order valence-electron chi connectivity index (χ1n) is 7.68. The molecule has 134 valence electrons. The molecule has 0 atom stereocenters. The van der Waals surface area contributed by atoms with Gasteiger partial charge in [0.25, 0.3) is 5.91 Å². The minimum atomic E-state index is -0.554. The molecule has 0 saturated carbocycles. The lowest BCUT2D eigenvalue weighted by atomic mass is 10.1. The van der Waals surface area contributed by atoms with Crippen LogP contribution in [0.5, 0.6) is 11.5 Å². The molecule has 26 heavy (non-hydrogen) atoms. The number of aromatic hydroxyl groups is 1. The average Bonchev–Trinajstić information content (AvgIpc) is 2.86. The van der Waals surface area contributed by atoms with Gasteiger partial charge in [0.15, 0.2) is 11.5 Å². The van der Waals surface area contributed by atoms with E-state index in [0.717, 1.165) is 4.90 Å². The van der Waals surface area contributed by atoms with E-state index < -0.39 is 11.9 Å². The average molecular weight is 485 g/mol. The van der Waals surface area contributed by atoms with Crippen molar-refractivity contribution in [3.63, 3.8) is 0 Å². The maximum absolute atomic E-state index is 12.6. The number of phenols is 1. The Morgan fingerprint density at radius 2 is 2.08 bits per heavy atom. The van der Waals surface area contributed by atoms with Crippen LogP contribution in [0.1, 0.15) is 12.5 Å². The van der Waals surface area contributed by atoms with Gasteiger partial charge in [-0.2, -0.15) is 0 Å².